The van der Waals surface area contributed by atoms with Crippen LogP contribution in [0.4, 0.5) is 10.5 Å². The lowest BCUT2D eigenvalue weighted by Gasteiger charge is -2.37. The SMILES string of the molecule is O=C(O)C1CCCN(C(=O)C2CCCN(C(=O)Nc3ccccc3)C2)C1. The first-order valence-corrected chi connectivity index (χ1v) is 9.17. The second-order valence-corrected chi connectivity index (χ2v) is 7.04. The summed E-state index contributed by atoms with van der Waals surface area (Å²) in [6, 6.07) is 9.04. The van der Waals surface area contributed by atoms with Crippen LogP contribution in [0.5, 0.6) is 0 Å². The number of carbonyl (C=O) groups is 3. The van der Waals surface area contributed by atoms with Crippen molar-refractivity contribution in [2.45, 2.75) is 25.7 Å². The van der Waals surface area contributed by atoms with Crippen LogP contribution in [0.1, 0.15) is 25.7 Å². The Bertz CT molecular complexity index is 664. The maximum atomic E-state index is 12.8. The first-order chi connectivity index (χ1) is 12.5. The van der Waals surface area contributed by atoms with Crippen LogP contribution in [-0.4, -0.2) is 59.0 Å². The fourth-order valence-electron chi connectivity index (χ4n) is 3.72. The Morgan fingerprint density at radius 2 is 1.54 bits per heavy atom. The van der Waals surface area contributed by atoms with E-state index in [0.29, 0.717) is 32.5 Å². The molecular formula is C19H25N3O4. The van der Waals surface area contributed by atoms with Crippen LogP contribution in [0.2, 0.25) is 0 Å². The molecule has 0 bridgehead atoms. The van der Waals surface area contributed by atoms with Gasteiger partial charge in [-0.15, -0.1) is 0 Å². The topological polar surface area (TPSA) is 90.0 Å². The maximum absolute atomic E-state index is 12.8. The molecule has 1 aromatic carbocycles. The summed E-state index contributed by atoms with van der Waals surface area (Å²) in [5, 5.41) is 12.1. The Hall–Kier alpha value is -2.57. The zero-order valence-electron chi connectivity index (χ0n) is 14.8. The second-order valence-electron chi connectivity index (χ2n) is 7.04. The minimum absolute atomic E-state index is 0.0202. The molecule has 3 amide bonds. The zero-order valence-corrected chi connectivity index (χ0v) is 14.8. The minimum atomic E-state index is -0.838. The number of likely N-dealkylation sites (tertiary alicyclic amines) is 2. The predicted octanol–water partition coefficient (Wildman–Crippen LogP) is 2.25. The van der Waals surface area contributed by atoms with E-state index in [0.717, 1.165) is 18.5 Å². The van der Waals surface area contributed by atoms with Gasteiger partial charge in [0.25, 0.3) is 0 Å². The monoisotopic (exact) mass is 359 g/mol. The highest BCUT2D eigenvalue weighted by molar-refractivity contribution is 5.90. The summed E-state index contributed by atoms with van der Waals surface area (Å²) >= 11 is 0. The molecule has 2 aliphatic rings. The lowest BCUT2D eigenvalue weighted by atomic mass is 9.93. The van der Waals surface area contributed by atoms with E-state index < -0.39 is 11.9 Å². The highest BCUT2D eigenvalue weighted by atomic mass is 16.4. The van der Waals surface area contributed by atoms with Gasteiger partial charge in [0.05, 0.1) is 11.8 Å². The molecule has 2 heterocycles. The third-order valence-electron chi connectivity index (χ3n) is 5.17. The number of hydrogen-bond acceptors (Lipinski definition) is 3. The number of rotatable bonds is 3. The number of nitrogens with one attached hydrogen (secondary N) is 1. The van der Waals surface area contributed by atoms with Crippen LogP contribution in [0.25, 0.3) is 0 Å². The van der Waals surface area contributed by atoms with Crippen molar-refractivity contribution in [1.29, 1.82) is 0 Å². The van der Waals surface area contributed by atoms with Crippen LogP contribution in [0, 0.1) is 11.8 Å². The number of hydrogen-bond donors (Lipinski definition) is 2. The fraction of sp³-hybridized carbons (Fsp3) is 0.526. The molecule has 2 fully saturated rings. The van der Waals surface area contributed by atoms with Crippen LogP contribution in [0.3, 0.4) is 0 Å². The van der Waals surface area contributed by atoms with E-state index in [-0.39, 0.29) is 24.4 Å². The number of amides is 3. The Morgan fingerprint density at radius 1 is 0.923 bits per heavy atom. The van der Waals surface area contributed by atoms with E-state index >= 15 is 0 Å². The number of para-hydroxylation sites is 1. The van der Waals surface area contributed by atoms with Gasteiger partial charge in [-0.1, -0.05) is 18.2 Å². The van der Waals surface area contributed by atoms with Crippen molar-refractivity contribution >= 4 is 23.6 Å². The average molecular weight is 359 g/mol. The molecule has 1 aromatic rings. The van der Waals surface area contributed by atoms with Crippen LogP contribution < -0.4 is 5.32 Å². The van der Waals surface area contributed by atoms with Crippen molar-refractivity contribution < 1.29 is 19.5 Å². The number of aliphatic carboxylic acids is 1. The van der Waals surface area contributed by atoms with Crippen molar-refractivity contribution in [1.82, 2.24) is 9.80 Å². The highest BCUT2D eigenvalue weighted by Gasteiger charge is 2.34. The summed E-state index contributed by atoms with van der Waals surface area (Å²) in [7, 11) is 0. The Kier molecular flexibility index (Phi) is 5.75. The highest BCUT2D eigenvalue weighted by Crippen LogP contribution is 2.24. The maximum Gasteiger partial charge on any atom is 0.321 e. The van der Waals surface area contributed by atoms with Gasteiger partial charge in [-0.2, -0.15) is 0 Å². The number of anilines is 1. The van der Waals surface area contributed by atoms with Gasteiger partial charge in [-0.25, -0.2) is 4.79 Å². The zero-order chi connectivity index (χ0) is 18.5. The van der Waals surface area contributed by atoms with Crippen molar-refractivity contribution in [2.75, 3.05) is 31.5 Å². The molecule has 2 unspecified atom stereocenters. The number of carboxylic acid groups (broad SMARTS) is 1. The van der Waals surface area contributed by atoms with Gasteiger partial charge in [-0.05, 0) is 37.8 Å². The van der Waals surface area contributed by atoms with E-state index in [2.05, 4.69) is 5.32 Å². The van der Waals surface area contributed by atoms with Gasteiger partial charge in [0.2, 0.25) is 5.91 Å². The number of benzene rings is 1. The predicted molar refractivity (Wildman–Crippen MR) is 96.7 cm³/mol. The summed E-state index contributed by atoms with van der Waals surface area (Å²) in [6.07, 6.45) is 2.85. The summed E-state index contributed by atoms with van der Waals surface area (Å²) < 4.78 is 0. The Labute approximate surface area is 153 Å². The summed E-state index contributed by atoms with van der Waals surface area (Å²) in [4.78, 5) is 39.9. The molecular weight excluding hydrogens is 334 g/mol. The molecule has 7 nitrogen and oxygen atoms in total. The van der Waals surface area contributed by atoms with Gasteiger partial charge in [-0.3, -0.25) is 9.59 Å². The molecule has 2 aliphatic heterocycles. The molecule has 0 aliphatic carbocycles. The number of piperidine rings is 2. The number of urea groups is 1. The largest absolute Gasteiger partial charge is 0.481 e. The summed E-state index contributed by atoms with van der Waals surface area (Å²) in [6.45, 7) is 1.89. The van der Waals surface area contributed by atoms with Crippen LogP contribution in [-0.2, 0) is 9.59 Å². The van der Waals surface area contributed by atoms with Crippen LogP contribution in [0.15, 0.2) is 30.3 Å². The molecule has 2 atom stereocenters. The molecule has 7 heteroatoms. The van der Waals surface area contributed by atoms with E-state index in [1.807, 2.05) is 30.3 Å². The average Bonchev–Trinajstić information content (AvgIpc) is 2.68. The Balaban J connectivity index is 1.58. The molecule has 0 aromatic heterocycles. The van der Waals surface area contributed by atoms with Gasteiger partial charge in [0.15, 0.2) is 0 Å². The standard InChI is InChI=1S/C19H25N3O4/c23-17(21-10-5-7-15(13-21)18(24)25)14-6-4-11-22(12-14)19(26)20-16-8-2-1-3-9-16/h1-3,8-9,14-15H,4-7,10-13H2,(H,20,26)(H,24,25). The van der Waals surface area contributed by atoms with E-state index in [9.17, 15) is 19.5 Å². The van der Waals surface area contributed by atoms with Gasteiger partial charge in [0, 0.05) is 31.9 Å². The molecule has 140 valence electrons. The van der Waals surface area contributed by atoms with E-state index in [1.54, 1.807) is 9.80 Å². The first kappa shape index (κ1) is 18.2. The van der Waals surface area contributed by atoms with Gasteiger partial charge in [0.1, 0.15) is 0 Å². The normalized spacial score (nSPS) is 23.4. The van der Waals surface area contributed by atoms with Crippen molar-refractivity contribution in [2.24, 2.45) is 11.8 Å². The third-order valence-corrected chi connectivity index (χ3v) is 5.17. The lowest BCUT2D eigenvalue weighted by Crippen LogP contribution is -2.50. The molecule has 26 heavy (non-hydrogen) atoms. The molecule has 2 N–H and O–H groups in total. The molecule has 3 rings (SSSR count). The van der Waals surface area contributed by atoms with Gasteiger partial charge < -0.3 is 20.2 Å². The van der Waals surface area contributed by atoms with E-state index in [1.165, 1.54) is 0 Å². The number of nitrogens with zero attached hydrogens (tertiary/aromatic N) is 2. The lowest BCUT2D eigenvalue weighted by molar-refractivity contribution is -0.147. The fourth-order valence-corrected chi connectivity index (χ4v) is 3.72. The molecule has 2 saturated heterocycles. The number of carbonyl (C=O) groups excluding carboxylic acids is 2. The Morgan fingerprint density at radius 3 is 2.23 bits per heavy atom. The molecule has 0 saturated carbocycles. The van der Waals surface area contributed by atoms with Crippen molar-refractivity contribution in [3.8, 4) is 0 Å². The molecule has 0 radical (unpaired) electrons. The van der Waals surface area contributed by atoms with Gasteiger partial charge >= 0.3 is 12.0 Å². The van der Waals surface area contributed by atoms with Crippen molar-refractivity contribution in [3.05, 3.63) is 30.3 Å². The van der Waals surface area contributed by atoms with E-state index in [4.69, 9.17) is 0 Å². The third kappa shape index (κ3) is 4.33. The minimum Gasteiger partial charge on any atom is -0.481 e. The summed E-state index contributed by atoms with van der Waals surface area (Å²) in [5.41, 5.74) is 0.728. The summed E-state index contributed by atoms with van der Waals surface area (Å²) in [5.74, 6) is -1.59. The second kappa shape index (κ2) is 8.21. The quantitative estimate of drug-likeness (QED) is 0.866. The van der Waals surface area contributed by atoms with Crippen LogP contribution >= 0.6 is 0 Å². The first-order valence-electron chi connectivity index (χ1n) is 9.17. The molecule has 0 spiro atoms. The number of carboxylic acids is 1. The smallest absolute Gasteiger partial charge is 0.321 e. The van der Waals surface area contributed by atoms with Crippen molar-refractivity contribution in [3.63, 3.8) is 0 Å².